The van der Waals surface area contributed by atoms with E-state index in [0.29, 0.717) is 11.3 Å². The molecule has 1 fully saturated rings. The number of oxime groups is 1. The first-order valence-electron chi connectivity index (χ1n) is 12.7. The molecular formula is C25H29ClN7O7S2+. The first-order chi connectivity index (χ1) is 20.0. The van der Waals surface area contributed by atoms with Crippen LogP contribution < -0.4 is 20.9 Å². The van der Waals surface area contributed by atoms with Crippen molar-refractivity contribution in [3.8, 4) is 0 Å². The average molecular weight is 639 g/mol. The topological polar surface area (TPSA) is 200 Å². The molecule has 0 unspecified atom stereocenters. The molecule has 2 aliphatic heterocycles. The summed E-state index contributed by atoms with van der Waals surface area (Å²) in [5.74, 6) is -3.80. The smallest absolute Gasteiger partial charge is 0.352 e. The van der Waals surface area contributed by atoms with Gasteiger partial charge in [0.1, 0.15) is 27.1 Å². The van der Waals surface area contributed by atoms with Crippen molar-refractivity contribution in [1.29, 1.82) is 0 Å². The Balaban J connectivity index is 1.52. The van der Waals surface area contributed by atoms with Gasteiger partial charge in [-0.2, -0.15) is 0 Å². The summed E-state index contributed by atoms with van der Waals surface area (Å²) < 4.78 is 1.90. The Bertz CT molecular complexity index is 1460. The first-order valence-corrected chi connectivity index (χ1v) is 15.0. The molecule has 1 saturated heterocycles. The number of nitrogens with two attached hydrogens (primary N) is 1. The second-order valence-electron chi connectivity index (χ2n) is 9.41. The number of carboxylic acids is 2. The highest BCUT2D eigenvalue weighted by Crippen LogP contribution is 2.40. The largest absolute Gasteiger partial charge is 0.478 e. The third-order valence-electron chi connectivity index (χ3n) is 6.41. The van der Waals surface area contributed by atoms with Crippen LogP contribution >= 0.6 is 34.7 Å². The molecule has 0 bridgehead atoms. The number of carbonyl (C=O) groups is 4. The summed E-state index contributed by atoms with van der Waals surface area (Å²) in [5, 5.41) is 27.8. The number of aryl methyl sites for hydroxylation is 1. The fourth-order valence-corrected chi connectivity index (χ4v) is 6.62. The highest BCUT2D eigenvalue weighted by atomic mass is 35.5. The van der Waals surface area contributed by atoms with E-state index >= 15 is 0 Å². The number of nitrogens with zero attached hydrogens (tertiary/aromatic N) is 4. The van der Waals surface area contributed by atoms with Crippen molar-refractivity contribution >= 4 is 69.3 Å². The summed E-state index contributed by atoms with van der Waals surface area (Å²) in [6, 6.07) is 2.82. The average Bonchev–Trinajstić information content (AvgIpc) is 3.28. The molecule has 2 amide bonds. The predicted octanol–water partition coefficient (Wildman–Crippen LogP) is 0.451. The van der Waals surface area contributed by atoms with Crippen molar-refractivity contribution in [2.45, 2.75) is 43.8 Å². The van der Waals surface area contributed by atoms with Gasteiger partial charge < -0.3 is 31.4 Å². The van der Waals surface area contributed by atoms with Crippen LogP contribution in [0.5, 0.6) is 0 Å². The van der Waals surface area contributed by atoms with Crippen LogP contribution in [0.25, 0.3) is 0 Å². The predicted molar refractivity (Wildman–Crippen MR) is 155 cm³/mol. The second-order valence-corrected chi connectivity index (χ2v) is 12.1. The standard InChI is InChI=1S/C25H28ClN7O7S2/c1-12(23(36)37)40-31-16(15-19(26)42-25(27)30-15)20(34)29-17-21(35)33-18(24(38)39)14(11-41-22(17)33)10-32-8-4-6-13(9-32)5-3-7-28-2/h4,6,8-9,12,17,22,28H,3,5,7,10-11H2,1-2H3,(H4-,27,29,30,34,36,37,38,39)/p+1/t12-,17+,22+/m0/s1. The number of nitrogen functional groups attached to an aromatic ring is 1. The number of hydrogen-bond acceptors (Lipinski definition) is 11. The van der Waals surface area contributed by atoms with Gasteiger partial charge in [0.25, 0.3) is 11.8 Å². The molecule has 42 heavy (non-hydrogen) atoms. The van der Waals surface area contributed by atoms with Crippen molar-refractivity contribution in [3.05, 3.63) is 51.4 Å². The zero-order valence-electron chi connectivity index (χ0n) is 22.6. The number of pyridine rings is 1. The maximum Gasteiger partial charge on any atom is 0.352 e. The number of anilines is 1. The molecular weight excluding hydrogens is 610 g/mol. The lowest BCUT2D eigenvalue weighted by Crippen LogP contribution is -2.71. The molecule has 4 heterocycles. The number of thioether (sulfide) groups is 1. The lowest BCUT2D eigenvalue weighted by atomic mass is 10.0. The Morgan fingerprint density at radius 2 is 2.14 bits per heavy atom. The van der Waals surface area contributed by atoms with E-state index in [0.717, 1.165) is 36.3 Å². The molecule has 0 saturated carbocycles. The Morgan fingerprint density at radius 3 is 2.79 bits per heavy atom. The van der Waals surface area contributed by atoms with E-state index in [4.69, 9.17) is 27.3 Å². The lowest BCUT2D eigenvalue weighted by Gasteiger charge is -2.49. The third kappa shape index (κ3) is 6.83. The summed E-state index contributed by atoms with van der Waals surface area (Å²) in [6.07, 6.45) is 4.22. The Hall–Kier alpha value is -3.73. The first kappa shape index (κ1) is 31.2. The highest BCUT2D eigenvalue weighted by molar-refractivity contribution is 8.00. The van der Waals surface area contributed by atoms with Gasteiger partial charge in [0.2, 0.25) is 6.10 Å². The van der Waals surface area contributed by atoms with E-state index in [9.17, 15) is 24.3 Å². The number of aliphatic carboxylic acids is 2. The summed E-state index contributed by atoms with van der Waals surface area (Å²) in [7, 11) is 1.89. The highest BCUT2D eigenvalue weighted by Gasteiger charge is 2.55. The Morgan fingerprint density at radius 1 is 1.38 bits per heavy atom. The fraction of sp³-hybridized carbons (Fsp3) is 0.400. The fourth-order valence-electron chi connectivity index (χ4n) is 4.36. The lowest BCUT2D eigenvalue weighted by molar-refractivity contribution is -0.689. The van der Waals surface area contributed by atoms with E-state index in [1.165, 1.54) is 23.6 Å². The van der Waals surface area contributed by atoms with E-state index < -0.39 is 47.0 Å². The van der Waals surface area contributed by atoms with Gasteiger partial charge in [0.05, 0.1) is 0 Å². The van der Waals surface area contributed by atoms with Crippen LogP contribution in [0.1, 0.15) is 24.6 Å². The SMILES string of the molecule is CNCCCc1ccc[n+](CC2=C(C(=O)O)N3C(=O)[C@@H](NC(=O)C(=NO[C@@H](C)C(=O)O)c4nc(N)sc4Cl)[C@H]3SC2)c1. The Labute approximate surface area is 253 Å². The van der Waals surface area contributed by atoms with Crippen molar-refractivity contribution in [1.82, 2.24) is 20.5 Å². The summed E-state index contributed by atoms with van der Waals surface area (Å²) in [5.41, 5.74) is 6.61. The summed E-state index contributed by atoms with van der Waals surface area (Å²) in [6.45, 7) is 2.37. The van der Waals surface area contributed by atoms with Gasteiger partial charge in [-0.3, -0.25) is 14.5 Å². The molecule has 14 nitrogen and oxygen atoms in total. The molecule has 0 aromatic carbocycles. The monoisotopic (exact) mass is 638 g/mol. The Kier molecular flexibility index (Phi) is 10.0. The minimum Gasteiger partial charge on any atom is -0.478 e. The molecule has 2 aliphatic rings. The van der Waals surface area contributed by atoms with Crippen molar-refractivity contribution in [2.24, 2.45) is 5.16 Å². The molecule has 6 N–H and O–H groups in total. The minimum atomic E-state index is -1.40. The number of nitrogens with one attached hydrogen (secondary N) is 2. The van der Waals surface area contributed by atoms with Crippen LogP contribution in [-0.2, 0) is 37.0 Å². The molecule has 0 aliphatic carbocycles. The van der Waals surface area contributed by atoms with Gasteiger partial charge in [0, 0.05) is 23.0 Å². The summed E-state index contributed by atoms with van der Waals surface area (Å²) >= 11 is 8.33. The summed E-state index contributed by atoms with van der Waals surface area (Å²) in [4.78, 5) is 60.0. The number of hydrogen-bond donors (Lipinski definition) is 5. The van der Waals surface area contributed by atoms with E-state index in [1.807, 2.05) is 36.1 Å². The van der Waals surface area contributed by atoms with Gasteiger partial charge in [-0.05, 0) is 39.4 Å². The third-order valence-corrected chi connectivity index (χ3v) is 8.84. The van der Waals surface area contributed by atoms with Crippen molar-refractivity contribution < 1.29 is 38.8 Å². The second kappa shape index (κ2) is 13.5. The van der Waals surface area contributed by atoms with Gasteiger partial charge >= 0.3 is 11.9 Å². The van der Waals surface area contributed by atoms with Crippen molar-refractivity contribution in [2.75, 3.05) is 25.1 Å². The van der Waals surface area contributed by atoms with E-state index in [1.54, 1.807) is 0 Å². The van der Waals surface area contributed by atoms with Crippen LogP contribution in [-0.4, -0.2) is 86.4 Å². The molecule has 17 heteroatoms. The number of fused-ring (bicyclic) bond motifs is 1. The normalized spacial score (nSPS) is 19.2. The van der Waals surface area contributed by atoms with E-state index in [2.05, 4.69) is 20.8 Å². The van der Waals surface area contributed by atoms with E-state index in [-0.39, 0.29) is 27.4 Å². The number of thiazole rings is 1. The number of aromatic nitrogens is 2. The molecule has 224 valence electrons. The van der Waals surface area contributed by atoms with Crippen LogP contribution in [0.2, 0.25) is 4.34 Å². The molecule has 0 radical (unpaired) electrons. The minimum absolute atomic E-state index is 0.00548. The molecule has 3 atom stereocenters. The maximum atomic E-state index is 13.2. The maximum absolute atomic E-state index is 13.2. The van der Waals surface area contributed by atoms with Gasteiger partial charge in [-0.15, -0.1) is 11.8 Å². The van der Waals surface area contributed by atoms with Crippen molar-refractivity contribution in [3.63, 3.8) is 0 Å². The van der Waals surface area contributed by atoms with Gasteiger partial charge in [-0.25, -0.2) is 19.1 Å². The number of halogens is 1. The molecule has 2 aromatic heterocycles. The van der Waals surface area contributed by atoms with Crippen LogP contribution in [0, 0.1) is 0 Å². The molecule has 2 aromatic rings. The quantitative estimate of drug-likeness (QED) is 0.0670. The zero-order valence-corrected chi connectivity index (χ0v) is 25.0. The number of rotatable bonds is 13. The number of amides is 2. The molecule has 0 spiro atoms. The number of carboxylic acid groups (broad SMARTS) is 2. The van der Waals surface area contributed by atoms with Gasteiger partial charge in [-0.1, -0.05) is 28.1 Å². The van der Waals surface area contributed by atoms with Crippen LogP contribution in [0.15, 0.2) is 41.0 Å². The van der Waals surface area contributed by atoms with Crippen LogP contribution in [0.4, 0.5) is 5.13 Å². The van der Waals surface area contributed by atoms with Crippen LogP contribution in [0.3, 0.4) is 0 Å². The molecule has 4 rings (SSSR count). The zero-order chi connectivity index (χ0) is 30.6. The van der Waals surface area contributed by atoms with Gasteiger partial charge in [0.15, 0.2) is 29.8 Å². The number of β-lactam (4-membered cyclic amide) rings is 1. The number of carbonyl (C=O) groups excluding carboxylic acids is 2.